The van der Waals surface area contributed by atoms with Gasteiger partial charge in [0.1, 0.15) is 5.75 Å². The molecule has 2 atom stereocenters. The van der Waals surface area contributed by atoms with Gasteiger partial charge in [-0.1, -0.05) is 24.3 Å². The van der Waals surface area contributed by atoms with E-state index in [0.29, 0.717) is 6.04 Å². The Labute approximate surface area is 134 Å². The number of benzene rings is 2. The molecule has 0 saturated carbocycles. The van der Waals surface area contributed by atoms with Crippen molar-refractivity contribution in [2.45, 2.75) is 25.9 Å². The van der Waals surface area contributed by atoms with Crippen LogP contribution in [0.1, 0.15) is 37.1 Å². The lowest BCUT2D eigenvalue weighted by Gasteiger charge is -2.21. The number of rotatable bonds is 5. The second-order valence-corrected chi connectivity index (χ2v) is 6.18. The van der Waals surface area contributed by atoms with E-state index in [2.05, 4.69) is 78.2 Å². The Bertz CT molecular complexity index is 553. The lowest BCUT2D eigenvalue weighted by Crippen LogP contribution is -2.22. The normalized spacial score (nSPS) is 13.8. The van der Waals surface area contributed by atoms with Crippen molar-refractivity contribution in [2.75, 3.05) is 7.11 Å². The van der Waals surface area contributed by atoms with Gasteiger partial charge in [0.2, 0.25) is 0 Å². The fourth-order valence-electron chi connectivity index (χ4n) is 2.23. The molecule has 3 heteroatoms. The van der Waals surface area contributed by atoms with Crippen LogP contribution in [0.15, 0.2) is 48.5 Å². The molecule has 0 saturated heterocycles. The molecule has 0 aliphatic heterocycles. The third kappa shape index (κ3) is 3.96. The minimum absolute atomic E-state index is 0.277. The van der Waals surface area contributed by atoms with Gasteiger partial charge in [0, 0.05) is 15.7 Å². The summed E-state index contributed by atoms with van der Waals surface area (Å²) in [6.45, 7) is 4.37. The Kier molecular flexibility index (Phi) is 5.43. The third-order valence-electron chi connectivity index (χ3n) is 3.46. The molecule has 0 radical (unpaired) electrons. The Balaban J connectivity index is 2.06. The van der Waals surface area contributed by atoms with Gasteiger partial charge in [0.15, 0.2) is 0 Å². The number of halogens is 1. The smallest absolute Gasteiger partial charge is 0.119 e. The summed E-state index contributed by atoms with van der Waals surface area (Å²) >= 11 is 2.33. The zero-order valence-electron chi connectivity index (χ0n) is 12.1. The van der Waals surface area contributed by atoms with E-state index in [1.165, 1.54) is 14.7 Å². The van der Waals surface area contributed by atoms with Crippen LogP contribution in [0.4, 0.5) is 0 Å². The monoisotopic (exact) mass is 381 g/mol. The van der Waals surface area contributed by atoms with Crippen LogP contribution in [-0.4, -0.2) is 7.11 Å². The summed E-state index contributed by atoms with van der Waals surface area (Å²) in [5.74, 6) is 0.901. The Morgan fingerprint density at radius 2 is 1.60 bits per heavy atom. The predicted molar refractivity (Wildman–Crippen MR) is 92.1 cm³/mol. The Hall–Kier alpha value is -1.07. The molecule has 1 N–H and O–H groups in total. The highest BCUT2D eigenvalue weighted by atomic mass is 127. The molecule has 1 unspecified atom stereocenters. The Morgan fingerprint density at radius 1 is 0.950 bits per heavy atom. The van der Waals surface area contributed by atoms with Crippen molar-refractivity contribution in [2.24, 2.45) is 0 Å². The first-order chi connectivity index (χ1) is 9.60. The van der Waals surface area contributed by atoms with Gasteiger partial charge >= 0.3 is 0 Å². The zero-order valence-corrected chi connectivity index (χ0v) is 14.2. The van der Waals surface area contributed by atoms with Crippen LogP contribution < -0.4 is 10.1 Å². The van der Waals surface area contributed by atoms with Crippen molar-refractivity contribution in [3.63, 3.8) is 0 Å². The van der Waals surface area contributed by atoms with Crippen LogP contribution in [-0.2, 0) is 0 Å². The summed E-state index contributed by atoms with van der Waals surface area (Å²) in [6, 6.07) is 17.4. The van der Waals surface area contributed by atoms with Gasteiger partial charge in [-0.15, -0.1) is 0 Å². The first-order valence-electron chi connectivity index (χ1n) is 6.75. The van der Waals surface area contributed by atoms with E-state index >= 15 is 0 Å². The van der Waals surface area contributed by atoms with Crippen LogP contribution in [0.3, 0.4) is 0 Å². The highest BCUT2D eigenvalue weighted by Crippen LogP contribution is 2.22. The van der Waals surface area contributed by atoms with Gasteiger partial charge in [-0.3, -0.25) is 0 Å². The molecule has 0 heterocycles. The molecule has 20 heavy (non-hydrogen) atoms. The predicted octanol–water partition coefficient (Wildman–Crippen LogP) is 4.71. The van der Waals surface area contributed by atoms with Gasteiger partial charge in [-0.2, -0.15) is 0 Å². The lowest BCUT2D eigenvalue weighted by atomic mass is 10.0. The van der Waals surface area contributed by atoms with E-state index in [1.54, 1.807) is 7.11 Å². The number of ether oxygens (including phenoxy) is 1. The quantitative estimate of drug-likeness (QED) is 0.758. The fourth-order valence-corrected chi connectivity index (χ4v) is 2.59. The van der Waals surface area contributed by atoms with Crippen molar-refractivity contribution in [1.82, 2.24) is 5.32 Å². The van der Waals surface area contributed by atoms with Crippen LogP contribution in [0.5, 0.6) is 5.75 Å². The van der Waals surface area contributed by atoms with E-state index in [4.69, 9.17) is 4.74 Å². The van der Waals surface area contributed by atoms with Crippen molar-refractivity contribution < 1.29 is 4.74 Å². The average molecular weight is 381 g/mol. The molecule has 106 valence electrons. The Morgan fingerprint density at radius 3 is 2.25 bits per heavy atom. The van der Waals surface area contributed by atoms with Gasteiger partial charge < -0.3 is 10.1 Å². The van der Waals surface area contributed by atoms with E-state index in [0.717, 1.165) is 5.75 Å². The van der Waals surface area contributed by atoms with E-state index in [-0.39, 0.29) is 6.04 Å². The minimum Gasteiger partial charge on any atom is -0.497 e. The van der Waals surface area contributed by atoms with E-state index in [1.807, 2.05) is 12.1 Å². The minimum atomic E-state index is 0.277. The summed E-state index contributed by atoms with van der Waals surface area (Å²) < 4.78 is 6.54. The van der Waals surface area contributed by atoms with Crippen LogP contribution in [0.25, 0.3) is 0 Å². The summed E-state index contributed by atoms with van der Waals surface area (Å²) in [5, 5.41) is 3.63. The molecule has 0 aromatic heterocycles. The number of hydrogen-bond donors (Lipinski definition) is 1. The zero-order chi connectivity index (χ0) is 14.5. The molecular formula is C17H20INO. The molecule has 2 aromatic rings. The molecule has 0 aliphatic rings. The second kappa shape index (κ2) is 7.09. The number of hydrogen-bond acceptors (Lipinski definition) is 2. The summed E-state index contributed by atoms with van der Waals surface area (Å²) in [7, 11) is 1.70. The van der Waals surface area contributed by atoms with Crippen LogP contribution in [0.2, 0.25) is 0 Å². The molecule has 0 fully saturated rings. The molecule has 2 nitrogen and oxygen atoms in total. The lowest BCUT2D eigenvalue weighted by molar-refractivity contribution is 0.412. The maximum atomic E-state index is 5.28. The largest absolute Gasteiger partial charge is 0.497 e. The fraction of sp³-hybridized carbons (Fsp3) is 0.294. The number of nitrogens with one attached hydrogen (secondary N) is 1. The molecule has 0 spiro atoms. The standard InChI is InChI=1S/C17H20INO/c1-12(14-7-9-16(18)10-8-14)19-13(2)15-5-4-6-17(11-15)20-3/h4-13,19H,1-3H3/t12?,13-/m0/s1. The maximum Gasteiger partial charge on any atom is 0.119 e. The first-order valence-corrected chi connectivity index (χ1v) is 7.83. The molecular weight excluding hydrogens is 361 g/mol. The molecule has 2 aromatic carbocycles. The summed E-state index contributed by atoms with van der Waals surface area (Å²) in [4.78, 5) is 0. The topological polar surface area (TPSA) is 21.3 Å². The highest BCUT2D eigenvalue weighted by Gasteiger charge is 2.11. The molecule has 0 aliphatic carbocycles. The van der Waals surface area contributed by atoms with Crippen molar-refractivity contribution >= 4 is 22.6 Å². The van der Waals surface area contributed by atoms with Crippen LogP contribution >= 0.6 is 22.6 Å². The van der Waals surface area contributed by atoms with Gasteiger partial charge in [0.05, 0.1) is 7.11 Å². The maximum absolute atomic E-state index is 5.28. The van der Waals surface area contributed by atoms with Crippen molar-refractivity contribution in [1.29, 1.82) is 0 Å². The SMILES string of the molecule is COc1cccc([C@H](C)NC(C)c2ccc(I)cc2)c1. The molecule has 0 amide bonds. The molecule has 2 rings (SSSR count). The summed E-state index contributed by atoms with van der Waals surface area (Å²) in [6.07, 6.45) is 0. The van der Waals surface area contributed by atoms with Gasteiger partial charge in [0.25, 0.3) is 0 Å². The molecule has 0 bridgehead atoms. The highest BCUT2D eigenvalue weighted by molar-refractivity contribution is 14.1. The van der Waals surface area contributed by atoms with E-state index < -0.39 is 0 Å². The van der Waals surface area contributed by atoms with Crippen molar-refractivity contribution in [3.05, 3.63) is 63.2 Å². The third-order valence-corrected chi connectivity index (χ3v) is 4.18. The van der Waals surface area contributed by atoms with Crippen molar-refractivity contribution in [3.8, 4) is 5.75 Å². The van der Waals surface area contributed by atoms with E-state index in [9.17, 15) is 0 Å². The van der Waals surface area contributed by atoms with Crippen LogP contribution in [0, 0.1) is 3.57 Å². The first kappa shape index (κ1) is 15.3. The second-order valence-electron chi connectivity index (χ2n) is 4.94. The van der Waals surface area contributed by atoms with Gasteiger partial charge in [-0.05, 0) is 71.8 Å². The average Bonchev–Trinajstić information content (AvgIpc) is 2.47. The number of methoxy groups -OCH3 is 1. The summed E-state index contributed by atoms with van der Waals surface area (Å²) in [5.41, 5.74) is 2.54. The van der Waals surface area contributed by atoms with Gasteiger partial charge in [-0.25, -0.2) is 0 Å².